The Morgan fingerprint density at radius 2 is 1.93 bits per heavy atom. The van der Waals surface area contributed by atoms with Gasteiger partial charge in [-0.3, -0.25) is 14.5 Å². The van der Waals surface area contributed by atoms with E-state index in [1.807, 2.05) is 20.8 Å². The number of amides is 2. The van der Waals surface area contributed by atoms with E-state index in [2.05, 4.69) is 9.97 Å². The number of carbonyl (C=O) groups excluding carboxylic acids is 2. The lowest BCUT2D eigenvalue weighted by Crippen LogP contribution is -2.37. The van der Waals surface area contributed by atoms with Gasteiger partial charge in [-0.05, 0) is 44.9 Å². The number of likely N-dealkylation sites (N-methyl/N-ethyl adjacent to an activating group) is 1. The Labute approximate surface area is 175 Å². The van der Waals surface area contributed by atoms with Gasteiger partial charge >= 0.3 is 0 Å². The van der Waals surface area contributed by atoms with Crippen LogP contribution < -0.4 is 4.90 Å². The van der Waals surface area contributed by atoms with Crippen molar-refractivity contribution < 1.29 is 18.7 Å². The molecule has 2 aromatic rings. The van der Waals surface area contributed by atoms with Crippen molar-refractivity contribution in [1.29, 1.82) is 0 Å². The highest BCUT2D eigenvalue weighted by Gasteiger charge is 2.28. The first kappa shape index (κ1) is 21.8. The van der Waals surface area contributed by atoms with Crippen molar-refractivity contribution in [1.82, 2.24) is 14.9 Å². The van der Waals surface area contributed by atoms with Crippen molar-refractivity contribution in [2.75, 3.05) is 18.6 Å². The Morgan fingerprint density at radius 3 is 2.60 bits per heavy atom. The third-order valence-electron chi connectivity index (χ3n) is 4.98. The smallest absolute Gasteiger partial charge is 0.248 e. The SMILES string of the molecule is Cc1nc(CN(C)C(=O)COC(C)C)nc2c1CCC(=O)N2Cc1ccc(F)cc1. The Kier molecular flexibility index (Phi) is 6.77. The zero-order chi connectivity index (χ0) is 21.8. The Hall–Kier alpha value is -2.87. The lowest BCUT2D eigenvalue weighted by Gasteiger charge is -2.30. The van der Waals surface area contributed by atoms with Crippen molar-refractivity contribution in [2.45, 2.75) is 52.8 Å². The third kappa shape index (κ3) is 5.18. The lowest BCUT2D eigenvalue weighted by atomic mass is 10.0. The summed E-state index contributed by atoms with van der Waals surface area (Å²) in [6.45, 7) is 6.14. The molecule has 0 spiro atoms. The summed E-state index contributed by atoms with van der Waals surface area (Å²) >= 11 is 0. The van der Waals surface area contributed by atoms with Crippen LogP contribution in [0, 0.1) is 12.7 Å². The molecule has 1 aliphatic rings. The van der Waals surface area contributed by atoms with E-state index in [1.54, 1.807) is 24.1 Å². The molecule has 0 bridgehead atoms. The number of benzene rings is 1. The number of aryl methyl sites for hydroxylation is 1. The summed E-state index contributed by atoms with van der Waals surface area (Å²) in [5, 5.41) is 0. The Balaban J connectivity index is 1.83. The van der Waals surface area contributed by atoms with Gasteiger partial charge in [-0.25, -0.2) is 14.4 Å². The minimum Gasteiger partial charge on any atom is -0.369 e. The van der Waals surface area contributed by atoms with Crippen molar-refractivity contribution in [3.05, 3.63) is 52.7 Å². The fraction of sp³-hybridized carbons (Fsp3) is 0.455. The van der Waals surface area contributed by atoms with Gasteiger partial charge in [0.25, 0.3) is 0 Å². The first-order valence-electron chi connectivity index (χ1n) is 10.0. The molecular formula is C22H27FN4O3. The summed E-state index contributed by atoms with van der Waals surface area (Å²) < 4.78 is 18.6. The van der Waals surface area contributed by atoms with Gasteiger partial charge in [0, 0.05) is 24.7 Å². The molecule has 30 heavy (non-hydrogen) atoms. The van der Waals surface area contributed by atoms with Crippen LogP contribution >= 0.6 is 0 Å². The highest BCUT2D eigenvalue weighted by molar-refractivity contribution is 5.95. The minimum atomic E-state index is -0.321. The molecule has 1 aliphatic heterocycles. The lowest BCUT2D eigenvalue weighted by molar-refractivity contribution is -0.136. The zero-order valence-electron chi connectivity index (χ0n) is 17.8. The van der Waals surface area contributed by atoms with Gasteiger partial charge in [-0.15, -0.1) is 0 Å². The molecule has 0 unspecified atom stereocenters. The summed E-state index contributed by atoms with van der Waals surface area (Å²) in [6, 6.07) is 6.07. The monoisotopic (exact) mass is 414 g/mol. The first-order chi connectivity index (χ1) is 14.2. The molecule has 7 nitrogen and oxygen atoms in total. The van der Waals surface area contributed by atoms with Crippen LogP contribution in [0.5, 0.6) is 0 Å². The number of hydrogen-bond acceptors (Lipinski definition) is 5. The van der Waals surface area contributed by atoms with Crippen LogP contribution in [0.4, 0.5) is 10.2 Å². The highest BCUT2D eigenvalue weighted by atomic mass is 19.1. The molecule has 0 saturated heterocycles. The summed E-state index contributed by atoms with van der Waals surface area (Å²) in [7, 11) is 1.67. The van der Waals surface area contributed by atoms with Crippen LogP contribution in [0.3, 0.4) is 0 Å². The number of halogens is 1. The van der Waals surface area contributed by atoms with Crippen molar-refractivity contribution in [3.8, 4) is 0 Å². The van der Waals surface area contributed by atoms with Crippen LogP contribution in [-0.4, -0.2) is 46.4 Å². The zero-order valence-corrected chi connectivity index (χ0v) is 17.8. The second kappa shape index (κ2) is 9.30. The maximum atomic E-state index is 13.2. The van der Waals surface area contributed by atoms with Crippen molar-refractivity contribution in [2.24, 2.45) is 0 Å². The number of anilines is 1. The minimum absolute atomic E-state index is 0.00668. The summed E-state index contributed by atoms with van der Waals surface area (Å²) in [5.41, 5.74) is 2.54. The predicted molar refractivity (Wildman–Crippen MR) is 110 cm³/mol. The first-order valence-corrected chi connectivity index (χ1v) is 10.0. The largest absolute Gasteiger partial charge is 0.369 e. The van der Waals surface area contributed by atoms with Crippen LogP contribution in [0.15, 0.2) is 24.3 Å². The summed E-state index contributed by atoms with van der Waals surface area (Å²) in [6.07, 6.45) is 0.926. The van der Waals surface area contributed by atoms with Crippen LogP contribution in [0.25, 0.3) is 0 Å². The molecule has 0 atom stereocenters. The van der Waals surface area contributed by atoms with Crippen LogP contribution in [-0.2, 0) is 33.8 Å². The van der Waals surface area contributed by atoms with Gasteiger partial charge in [-0.1, -0.05) is 12.1 Å². The Bertz CT molecular complexity index is 931. The third-order valence-corrected chi connectivity index (χ3v) is 4.98. The molecule has 160 valence electrons. The normalized spacial score (nSPS) is 13.5. The molecule has 0 N–H and O–H groups in total. The van der Waals surface area contributed by atoms with Crippen molar-refractivity contribution in [3.63, 3.8) is 0 Å². The topological polar surface area (TPSA) is 75.6 Å². The predicted octanol–water partition coefficient (Wildman–Crippen LogP) is 2.79. The van der Waals surface area contributed by atoms with E-state index in [4.69, 9.17) is 4.74 Å². The molecular weight excluding hydrogens is 387 g/mol. The number of hydrogen-bond donors (Lipinski definition) is 0. The van der Waals surface area contributed by atoms with E-state index in [0.29, 0.717) is 31.0 Å². The van der Waals surface area contributed by atoms with E-state index in [0.717, 1.165) is 16.8 Å². The molecule has 3 rings (SSSR count). The van der Waals surface area contributed by atoms with E-state index in [1.165, 1.54) is 17.0 Å². The second-order valence-corrected chi connectivity index (χ2v) is 7.74. The number of ether oxygens (including phenoxy) is 1. The van der Waals surface area contributed by atoms with Gasteiger partial charge in [-0.2, -0.15) is 0 Å². The number of fused-ring (bicyclic) bond motifs is 1. The van der Waals surface area contributed by atoms with Gasteiger partial charge < -0.3 is 9.64 Å². The van der Waals surface area contributed by atoms with E-state index < -0.39 is 0 Å². The quantitative estimate of drug-likeness (QED) is 0.696. The van der Waals surface area contributed by atoms with E-state index in [9.17, 15) is 14.0 Å². The molecule has 1 aromatic carbocycles. The highest BCUT2D eigenvalue weighted by Crippen LogP contribution is 2.29. The van der Waals surface area contributed by atoms with Crippen LogP contribution in [0.1, 0.15) is 42.9 Å². The molecule has 8 heteroatoms. The number of aromatic nitrogens is 2. The maximum Gasteiger partial charge on any atom is 0.248 e. The second-order valence-electron chi connectivity index (χ2n) is 7.74. The van der Waals surface area contributed by atoms with Gasteiger partial charge in [0.05, 0.1) is 19.2 Å². The molecule has 0 aliphatic carbocycles. The van der Waals surface area contributed by atoms with E-state index in [-0.39, 0.29) is 36.9 Å². The van der Waals surface area contributed by atoms with Gasteiger partial charge in [0.2, 0.25) is 11.8 Å². The molecule has 2 amide bonds. The molecule has 0 radical (unpaired) electrons. The van der Waals surface area contributed by atoms with E-state index >= 15 is 0 Å². The van der Waals surface area contributed by atoms with Crippen LogP contribution in [0.2, 0.25) is 0 Å². The standard InChI is InChI=1S/C22H27FN4O3/c1-14(2)30-13-21(29)26(4)12-19-24-15(3)18-9-10-20(28)27(22(18)25-19)11-16-5-7-17(23)8-6-16/h5-8,14H,9-13H2,1-4H3. The van der Waals surface area contributed by atoms with Gasteiger partial charge in [0.15, 0.2) is 0 Å². The van der Waals surface area contributed by atoms with Crippen molar-refractivity contribution >= 4 is 17.6 Å². The summed E-state index contributed by atoms with van der Waals surface area (Å²) in [5.74, 6) is 0.508. The maximum absolute atomic E-state index is 13.2. The number of rotatable bonds is 7. The number of carbonyl (C=O) groups is 2. The molecule has 1 aromatic heterocycles. The molecule has 0 saturated carbocycles. The average molecular weight is 414 g/mol. The Morgan fingerprint density at radius 1 is 1.23 bits per heavy atom. The molecule has 2 heterocycles. The number of nitrogens with zero attached hydrogens (tertiary/aromatic N) is 4. The fourth-order valence-corrected chi connectivity index (χ4v) is 3.29. The average Bonchev–Trinajstić information content (AvgIpc) is 2.69. The summed E-state index contributed by atoms with van der Waals surface area (Å²) in [4.78, 5) is 37.2. The fourth-order valence-electron chi connectivity index (χ4n) is 3.29. The molecule has 0 fully saturated rings. The van der Waals surface area contributed by atoms with Gasteiger partial charge in [0.1, 0.15) is 24.1 Å².